The van der Waals surface area contributed by atoms with Crippen LogP contribution in [0, 0.1) is 0 Å². The van der Waals surface area contributed by atoms with Crippen molar-refractivity contribution in [2.75, 3.05) is 12.3 Å². The van der Waals surface area contributed by atoms with Gasteiger partial charge in [-0.3, -0.25) is 4.68 Å². The summed E-state index contributed by atoms with van der Waals surface area (Å²) in [5, 5.41) is 31.4. The van der Waals surface area contributed by atoms with Gasteiger partial charge in [-0.15, -0.1) is 0 Å². The zero-order chi connectivity index (χ0) is 10.7. The first-order valence-electron chi connectivity index (χ1n) is 4.32. The molecule has 0 bridgehead atoms. The Labute approximate surface area is 81.6 Å². The lowest BCUT2D eigenvalue weighted by atomic mass is 10.1. The molecule has 0 aliphatic rings. The monoisotopic (exact) mass is 201 g/mol. The van der Waals surface area contributed by atoms with Crippen molar-refractivity contribution in [2.45, 2.75) is 18.6 Å². The maximum Gasteiger partial charge on any atom is 0.127 e. The van der Waals surface area contributed by atoms with Crippen molar-refractivity contribution in [2.24, 2.45) is 7.05 Å². The smallest absolute Gasteiger partial charge is 0.127 e. The maximum atomic E-state index is 9.62. The van der Waals surface area contributed by atoms with Crippen LogP contribution in [0.25, 0.3) is 0 Å². The van der Waals surface area contributed by atoms with Crippen LogP contribution in [-0.4, -0.2) is 37.8 Å². The minimum absolute atomic E-state index is 0.107. The van der Waals surface area contributed by atoms with Crippen LogP contribution in [0.5, 0.6) is 0 Å². The molecule has 1 heterocycles. The fraction of sp³-hybridized carbons (Fsp3) is 0.625. The Morgan fingerprint density at radius 1 is 1.57 bits per heavy atom. The third kappa shape index (κ3) is 2.03. The van der Waals surface area contributed by atoms with Gasteiger partial charge in [0, 0.05) is 19.2 Å². The molecule has 6 heteroatoms. The first kappa shape index (κ1) is 11.0. The third-order valence-corrected chi connectivity index (χ3v) is 2.12. The topological polar surface area (TPSA) is 105 Å². The van der Waals surface area contributed by atoms with Gasteiger partial charge >= 0.3 is 0 Å². The number of nitrogen functional groups attached to an aromatic ring is 1. The summed E-state index contributed by atoms with van der Waals surface area (Å²) in [6, 6.07) is 0. The van der Waals surface area contributed by atoms with E-state index in [0.29, 0.717) is 11.4 Å². The Morgan fingerprint density at radius 2 is 2.21 bits per heavy atom. The molecule has 80 valence electrons. The average molecular weight is 201 g/mol. The second kappa shape index (κ2) is 4.41. The van der Waals surface area contributed by atoms with E-state index in [2.05, 4.69) is 5.10 Å². The molecule has 5 N–H and O–H groups in total. The number of aryl methyl sites for hydroxylation is 1. The molecule has 2 atom stereocenters. The van der Waals surface area contributed by atoms with Gasteiger partial charge in [0.15, 0.2) is 0 Å². The van der Waals surface area contributed by atoms with Crippen LogP contribution in [0.15, 0.2) is 6.20 Å². The second-order valence-corrected chi connectivity index (χ2v) is 3.13. The van der Waals surface area contributed by atoms with Gasteiger partial charge in [-0.1, -0.05) is 0 Å². The van der Waals surface area contributed by atoms with Crippen LogP contribution in [0.4, 0.5) is 5.82 Å². The van der Waals surface area contributed by atoms with E-state index >= 15 is 0 Å². The molecule has 0 aliphatic carbocycles. The van der Waals surface area contributed by atoms with Gasteiger partial charge < -0.3 is 21.1 Å². The van der Waals surface area contributed by atoms with E-state index in [1.807, 2.05) is 0 Å². The highest BCUT2D eigenvalue weighted by molar-refractivity contribution is 5.40. The third-order valence-electron chi connectivity index (χ3n) is 2.12. The number of anilines is 1. The highest BCUT2D eigenvalue weighted by atomic mass is 16.3. The minimum Gasteiger partial charge on any atom is -0.396 e. The summed E-state index contributed by atoms with van der Waals surface area (Å²) in [5.41, 5.74) is 5.99. The normalized spacial score (nSPS) is 15.4. The maximum absolute atomic E-state index is 9.62. The molecular formula is C8H15N3O3. The predicted molar refractivity (Wildman–Crippen MR) is 50.3 cm³/mol. The van der Waals surface area contributed by atoms with Crippen LogP contribution >= 0.6 is 0 Å². The first-order valence-corrected chi connectivity index (χ1v) is 4.32. The summed E-state index contributed by atoms with van der Waals surface area (Å²) in [7, 11) is 1.64. The molecule has 1 aromatic heterocycles. The largest absolute Gasteiger partial charge is 0.396 e. The molecule has 1 rings (SSSR count). The Bertz CT molecular complexity index is 300. The van der Waals surface area contributed by atoms with Gasteiger partial charge in [-0.2, -0.15) is 5.10 Å². The predicted octanol–water partition coefficient (Wildman–Crippen LogP) is -1.22. The number of nitrogens with zero attached hydrogens (tertiary/aromatic N) is 2. The molecule has 1 aromatic rings. The molecule has 14 heavy (non-hydrogen) atoms. The summed E-state index contributed by atoms with van der Waals surface area (Å²) in [6.45, 7) is -0.182. The van der Waals surface area contributed by atoms with Gasteiger partial charge in [0.05, 0.1) is 12.3 Å². The highest BCUT2D eigenvalue weighted by Gasteiger charge is 2.22. The number of aliphatic hydroxyl groups excluding tert-OH is 3. The molecule has 0 fully saturated rings. The lowest BCUT2D eigenvalue weighted by Gasteiger charge is -2.16. The van der Waals surface area contributed by atoms with E-state index in [9.17, 15) is 10.2 Å². The van der Waals surface area contributed by atoms with Crippen LogP contribution in [0.2, 0.25) is 0 Å². The zero-order valence-corrected chi connectivity index (χ0v) is 7.96. The van der Waals surface area contributed by atoms with E-state index in [4.69, 9.17) is 10.8 Å². The number of nitrogens with two attached hydrogens (primary N) is 1. The van der Waals surface area contributed by atoms with E-state index in [0.717, 1.165) is 0 Å². The Balaban J connectivity index is 2.78. The quantitative estimate of drug-likeness (QED) is 0.488. The van der Waals surface area contributed by atoms with Gasteiger partial charge in [0.1, 0.15) is 11.9 Å². The second-order valence-electron chi connectivity index (χ2n) is 3.13. The molecule has 6 nitrogen and oxygen atoms in total. The lowest BCUT2D eigenvalue weighted by Crippen LogP contribution is -2.20. The molecule has 0 saturated heterocycles. The molecule has 2 unspecified atom stereocenters. The van der Waals surface area contributed by atoms with Crippen LogP contribution < -0.4 is 5.73 Å². The number of aromatic nitrogens is 2. The fourth-order valence-electron chi connectivity index (χ4n) is 1.19. The van der Waals surface area contributed by atoms with E-state index in [1.165, 1.54) is 10.9 Å². The molecular weight excluding hydrogens is 186 g/mol. The Kier molecular flexibility index (Phi) is 3.45. The lowest BCUT2D eigenvalue weighted by molar-refractivity contribution is 0.00458. The standard InChI is InChI=1S/C8H15N3O3/c1-11-8(9)5(4-10-11)7(14)6(13)2-3-12/h4,6-7,12-14H,2-3,9H2,1H3. The molecule has 0 amide bonds. The summed E-state index contributed by atoms with van der Waals surface area (Å²) < 4.78 is 1.41. The van der Waals surface area contributed by atoms with Crippen LogP contribution in [0.1, 0.15) is 18.1 Å². The van der Waals surface area contributed by atoms with Crippen molar-refractivity contribution in [3.05, 3.63) is 11.8 Å². The summed E-state index contributed by atoms with van der Waals surface area (Å²) >= 11 is 0. The van der Waals surface area contributed by atoms with Crippen molar-refractivity contribution in [3.8, 4) is 0 Å². The van der Waals surface area contributed by atoms with Gasteiger partial charge in [0.2, 0.25) is 0 Å². The molecule has 0 spiro atoms. The zero-order valence-electron chi connectivity index (χ0n) is 7.96. The summed E-state index contributed by atoms with van der Waals surface area (Å²) in [4.78, 5) is 0. The Hall–Kier alpha value is -1.11. The fourth-order valence-corrected chi connectivity index (χ4v) is 1.19. The van der Waals surface area contributed by atoms with Gasteiger partial charge in [-0.05, 0) is 6.42 Å². The summed E-state index contributed by atoms with van der Waals surface area (Å²) in [6.07, 6.45) is -0.613. The number of rotatable bonds is 4. The molecule has 0 aromatic carbocycles. The van der Waals surface area contributed by atoms with Crippen molar-refractivity contribution >= 4 is 5.82 Å². The SMILES string of the molecule is Cn1ncc(C(O)C(O)CCO)c1N. The number of hydrogen-bond donors (Lipinski definition) is 4. The van der Waals surface area contributed by atoms with E-state index < -0.39 is 12.2 Å². The van der Waals surface area contributed by atoms with Crippen molar-refractivity contribution in [1.29, 1.82) is 0 Å². The van der Waals surface area contributed by atoms with E-state index in [1.54, 1.807) is 7.05 Å². The van der Waals surface area contributed by atoms with E-state index in [-0.39, 0.29) is 13.0 Å². The van der Waals surface area contributed by atoms with Gasteiger partial charge in [-0.25, -0.2) is 0 Å². The minimum atomic E-state index is -1.10. The van der Waals surface area contributed by atoms with Crippen LogP contribution in [0.3, 0.4) is 0 Å². The Morgan fingerprint density at radius 3 is 2.64 bits per heavy atom. The molecule has 0 saturated carbocycles. The number of hydrogen-bond acceptors (Lipinski definition) is 5. The van der Waals surface area contributed by atoms with Crippen LogP contribution in [-0.2, 0) is 7.05 Å². The summed E-state index contributed by atoms with van der Waals surface area (Å²) in [5.74, 6) is 0.314. The average Bonchev–Trinajstić information content (AvgIpc) is 2.47. The number of aliphatic hydroxyl groups is 3. The van der Waals surface area contributed by atoms with Gasteiger partial charge in [0.25, 0.3) is 0 Å². The molecule has 0 radical (unpaired) electrons. The highest BCUT2D eigenvalue weighted by Crippen LogP contribution is 2.23. The van der Waals surface area contributed by atoms with Crippen molar-refractivity contribution < 1.29 is 15.3 Å². The first-order chi connectivity index (χ1) is 6.57. The van der Waals surface area contributed by atoms with Crippen molar-refractivity contribution in [1.82, 2.24) is 9.78 Å². The van der Waals surface area contributed by atoms with Crippen molar-refractivity contribution in [3.63, 3.8) is 0 Å². The molecule has 0 aliphatic heterocycles.